The molecule has 182 valence electrons. The zero-order valence-corrected chi connectivity index (χ0v) is 19.3. The van der Waals surface area contributed by atoms with Crippen LogP contribution in [0, 0.1) is 0 Å². The molecule has 0 aromatic heterocycles. The summed E-state index contributed by atoms with van der Waals surface area (Å²) in [4.78, 5) is 48.8. The lowest BCUT2D eigenvalue weighted by molar-refractivity contribution is -0.124. The molecular formula is C23H34N4O6. The molecule has 10 nitrogen and oxygen atoms in total. The minimum atomic E-state index is -0.696. The summed E-state index contributed by atoms with van der Waals surface area (Å²) in [6.45, 7) is 7.78. The van der Waals surface area contributed by atoms with Gasteiger partial charge in [0.05, 0.1) is 32.0 Å². The maximum atomic E-state index is 13.3. The molecule has 0 aliphatic heterocycles. The molecule has 0 radical (unpaired) electrons. The molecule has 1 aromatic rings. The van der Waals surface area contributed by atoms with Crippen LogP contribution in [-0.4, -0.2) is 82.0 Å². The molecule has 33 heavy (non-hydrogen) atoms. The van der Waals surface area contributed by atoms with Crippen molar-refractivity contribution in [3.8, 4) is 0 Å². The topological polar surface area (TPSA) is 126 Å². The lowest BCUT2D eigenvalue weighted by Crippen LogP contribution is -2.46. The summed E-state index contributed by atoms with van der Waals surface area (Å²) in [5.41, 5.74) is 0.915. The van der Waals surface area contributed by atoms with E-state index in [4.69, 9.17) is 9.47 Å². The summed E-state index contributed by atoms with van der Waals surface area (Å²) in [5.74, 6) is -0.769. The van der Waals surface area contributed by atoms with E-state index in [1.165, 1.54) is 11.1 Å². The molecular weight excluding hydrogens is 428 g/mol. The van der Waals surface area contributed by atoms with Crippen LogP contribution in [0.15, 0.2) is 31.0 Å². The molecule has 10 heteroatoms. The predicted octanol–water partition coefficient (Wildman–Crippen LogP) is 1.19. The van der Waals surface area contributed by atoms with Crippen molar-refractivity contribution in [2.75, 3.05) is 51.9 Å². The number of carbonyl (C=O) groups excluding carboxylic acids is 4. The van der Waals surface area contributed by atoms with Crippen molar-refractivity contribution < 1.29 is 28.7 Å². The Morgan fingerprint density at radius 2 is 1.82 bits per heavy atom. The molecule has 1 aromatic carbocycles. The average Bonchev–Trinajstić information content (AvgIpc) is 2.82. The van der Waals surface area contributed by atoms with Crippen LogP contribution in [0.5, 0.6) is 0 Å². The van der Waals surface area contributed by atoms with Gasteiger partial charge in [-0.05, 0) is 18.7 Å². The standard InChI is InChI=1S/C23H34N4O6/c1-4-7-20(22(30)25-5-2)27(3)23(31)21-18(16-28)8-6-9-19(21)26-11-13-33-15-14-32-12-10-24-17-29/h5-6,8-9,16-17,20,26H,2,4,7,10-15H2,1,3H3,(H,24,29)(H,25,30). The highest BCUT2D eigenvalue weighted by Crippen LogP contribution is 2.22. The van der Waals surface area contributed by atoms with Gasteiger partial charge in [0.1, 0.15) is 6.04 Å². The molecule has 0 aliphatic rings. The molecule has 1 rings (SSSR count). The molecule has 1 unspecified atom stereocenters. The summed E-state index contributed by atoms with van der Waals surface area (Å²) in [6.07, 6.45) is 3.68. The van der Waals surface area contributed by atoms with Crippen molar-refractivity contribution in [2.45, 2.75) is 25.8 Å². The first-order valence-corrected chi connectivity index (χ1v) is 10.8. The second-order valence-corrected chi connectivity index (χ2v) is 7.04. The van der Waals surface area contributed by atoms with Gasteiger partial charge >= 0.3 is 0 Å². The first kappa shape index (κ1) is 27.8. The van der Waals surface area contributed by atoms with Crippen LogP contribution in [0.1, 0.15) is 40.5 Å². The fourth-order valence-corrected chi connectivity index (χ4v) is 3.11. The number of hydrogen-bond donors (Lipinski definition) is 3. The number of hydrogen-bond acceptors (Lipinski definition) is 7. The lowest BCUT2D eigenvalue weighted by Gasteiger charge is -2.28. The largest absolute Gasteiger partial charge is 0.382 e. The molecule has 0 saturated heterocycles. The van der Waals surface area contributed by atoms with Crippen molar-refractivity contribution >= 4 is 30.2 Å². The Morgan fingerprint density at radius 1 is 1.12 bits per heavy atom. The van der Waals surface area contributed by atoms with Crippen molar-refractivity contribution in [1.82, 2.24) is 15.5 Å². The Hall–Kier alpha value is -3.24. The number of aldehydes is 1. The zero-order chi connectivity index (χ0) is 24.5. The van der Waals surface area contributed by atoms with Crippen molar-refractivity contribution in [3.63, 3.8) is 0 Å². The number of nitrogens with zero attached hydrogens (tertiary/aromatic N) is 1. The average molecular weight is 463 g/mol. The maximum Gasteiger partial charge on any atom is 0.257 e. The van der Waals surface area contributed by atoms with Crippen molar-refractivity contribution in [3.05, 3.63) is 42.1 Å². The molecule has 3 amide bonds. The molecule has 3 N–H and O–H groups in total. The highest BCUT2D eigenvalue weighted by Gasteiger charge is 2.29. The SMILES string of the molecule is C=CNC(=O)C(CCC)N(C)C(=O)c1c(C=O)cccc1NCCOCCOCCNC=O. The second kappa shape index (κ2) is 16.4. The number of likely N-dealkylation sites (N-methyl/N-ethyl adjacent to an activating group) is 1. The van der Waals surface area contributed by atoms with Crippen LogP contribution in [0.2, 0.25) is 0 Å². The third-order valence-corrected chi connectivity index (χ3v) is 4.74. The van der Waals surface area contributed by atoms with Crippen LogP contribution in [0.25, 0.3) is 0 Å². The van der Waals surface area contributed by atoms with E-state index in [0.717, 1.165) is 0 Å². The summed E-state index contributed by atoms with van der Waals surface area (Å²) in [5, 5.41) is 8.16. The number of amides is 3. The number of carbonyl (C=O) groups is 4. The summed E-state index contributed by atoms with van der Waals surface area (Å²) >= 11 is 0. The van der Waals surface area contributed by atoms with Crippen LogP contribution in [-0.2, 0) is 19.1 Å². The van der Waals surface area contributed by atoms with E-state index in [0.29, 0.717) is 70.7 Å². The van der Waals surface area contributed by atoms with Crippen LogP contribution < -0.4 is 16.0 Å². The first-order valence-electron chi connectivity index (χ1n) is 10.8. The van der Waals surface area contributed by atoms with E-state index in [9.17, 15) is 19.2 Å². The number of anilines is 1. The lowest BCUT2D eigenvalue weighted by atomic mass is 10.0. The highest BCUT2D eigenvalue weighted by molar-refractivity contribution is 6.07. The van der Waals surface area contributed by atoms with E-state index in [2.05, 4.69) is 22.5 Å². The van der Waals surface area contributed by atoms with Gasteiger partial charge in [0.2, 0.25) is 12.3 Å². The molecule has 0 aliphatic carbocycles. The summed E-state index contributed by atoms with van der Waals surface area (Å²) in [6, 6.07) is 4.25. The van der Waals surface area contributed by atoms with E-state index < -0.39 is 11.9 Å². The van der Waals surface area contributed by atoms with Gasteiger partial charge in [-0.2, -0.15) is 0 Å². The predicted molar refractivity (Wildman–Crippen MR) is 125 cm³/mol. The van der Waals surface area contributed by atoms with Crippen LogP contribution in [0.3, 0.4) is 0 Å². The number of benzene rings is 1. The minimum Gasteiger partial charge on any atom is -0.382 e. The fourth-order valence-electron chi connectivity index (χ4n) is 3.11. The van der Waals surface area contributed by atoms with Gasteiger partial charge in [0.25, 0.3) is 5.91 Å². The van der Waals surface area contributed by atoms with Crippen LogP contribution >= 0.6 is 0 Å². The number of nitrogens with one attached hydrogen (secondary N) is 3. The van der Waals surface area contributed by atoms with Gasteiger partial charge in [-0.3, -0.25) is 19.2 Å². The third-order valence-electron chi connectivity index (χ3n) is 4.74. The van der Waals surface area contributed by atoms with Gasteiger partial charge in [-0.15, -0.1) is 0 Å². The molecule has 0 spiro atoms. The Kier molecular flexibility index (Phi) is 13.8. The van der Waals surface area contributed by atoms with Crippen LogP contribution in [0.4, 0.5) is 5.69 Å². The normalized spacial score (nSPS) is 11.2. The van der Waals surface area contributed by atoms with E-state index in [1.54, 1.807) is 25.2 Å². The minimum absolute atomic E-state index is 0.202. The van der Waals surface area contributed by atoms with Gasteiger partial charge < -0.3 is 30.3 Å². The smallest absolute Gasteiger partial charge is 0.257 e. The number of ether oxygens (including phenoxy) is 2. The van der Waals surface area contributed by atoms with E-state index in [1.807, 2.05) is 6.92 Å². The first-order chi connectivity index (χ1) is 16.0. The Labute approximate surface area is 194 Å². The fraction of sp³-hybridized carbons (Fsp3) is 0.478. The highest BCUT2D eigenvalue weighted by atomic mass is 16.5. The zero-order valence-electron chi connectivity index (χ0n) is 19.3. The molecule has 1 atom stereocenters. The molecule has 0 saturated carbocycles. The van der Waals surface area contributed by atoms with E-state index in [-0.39, 0.29) is 17.0 Å². The van der Waals surface area contributed by atoms with Gasteiger partial charge in [-0.25, -0.2) is 0 Å². The Balaban J connectivity index is 2.76. The van der Waals surface area contributed by atoms with Gasteiger partial charge in [-0.1, -0.05) is 32.1 Å². The quantitative estimate of drug-likeness (QED) is 0.221. The van der Waals surface area contributed by atoms with E-state index >= 15 is 0 Å². The monoisotopic (exact) mass is 462 g/mol. The summed E-state index contributed by atoms with van der Waals surface area (Å²) in [7, 11) is 1.55. The van der Waals surface area contributed by atoms with Gasteiger partial charge in [0, 0.05) is 31.4 Å². The molecule has 0 heterocycles. The number of rotatable bonds is 18. The molecule has 0 fully saturated rings. The van der Waals surface area contributed by atoms with Gasteiger partial charge in [0.15, 0.2) is 6.29 Å². The Bertz CT molecular complexity index is 786. The second-order valence-electron chi connectivity index (χ2n) is 7.04. The summed E-state index contributed by atoms with van der Waals surface area (Å²) < 4.78 is 10.8. The maximum absolute atomic E-state index is 13.3. The van der Waals surface area contributed by atoms with Crippen molar-refractivity contribution in [2.24, 2.45) is 0 Å². The third kappa shape index (κ3) is 9.42. The Morgan fingerprint density at radius 3 is 2.42 bits per heavy atom. The molecule has 0 bridgehead atoms. The van der Waals surface area contributed by atoms with Crippen molar-refractivity contribution in [1.29, 1.82) is 0 Å².